The molecule has 0 N–H and O–H groups in total. The molecule has 0 amide bonds. The zero-order chi connectivity index (χ0) is 14.9. The van der Waals surface area contributed by atoms with Crippen molar-refractivity contribution in [3.05, 3.63) is 0 Å². The van der Waals surface area contributed by atoms with Crippen molar-refractivity contribution in [1.82, 2.24) is 4.57 Å². The Kier molecular flexibility index (Phi) is 6.27. The Hall–Kier alpha value is 0.744. The fourth-order valence-electron chi connectivity index (χ4n) is 2.53. The highest BCUT2D eigenvalue weighted by Gasteiger charge is 2.49. The van der Waals surface area contributed by atoms with Crippen molar-refractivity contribution in [2.24, 2.45) is 0 Å². The van der Waals surface area contributed by atoms with Gasteiger partial charge in [-0.05, 0) is 24.2 Å². The molecule has 0 saturated heterocycles. The quantitative estimate of drug-likeness (QED) is 0.559. The third kappa shape index (κ3) is 3.64. The zero-order valence-electron chi connectivity index (χ0n) is 14.3. The molecule has 0 aromatic rings. The van der Waals surface area contributed by atoms with E-state index < -0.39 is 16.3 Å². The lowest BCUT2D eigenvalue weighted by Gasteiger charge is -2.51. The van der Waals surface area contributed by atoms with Gasteiger partial charge < -0.3 is 4.57 Å². The van der Waals surface area contributed by atoms with Gasteiger partial charge in [0.15, 0.2) is 0 Å². The summed E-state index contributed by atoms with van der Waals surface area (Å²) in [6.07, 6.45) is 0. The van der Waals surface area contributed by atoms with Crippen LogP contribution in [-0.2, 0) is 0 Å². The van der Waals surface area contributed by atoms with Crippen LogP contribution >= 0.6 is 12.6 Å². The molecule has 0 aromatic heterocycles. The highest BCUT2D eigenvalue weighted by atomic mass is 32.1. The molecule has 0 aliphatic heterocycles. The number of rotatable bonds is 5. The molecule has 4 heteroatoms. The van der Waals surface area contributed by atoms with Crippen LogP contribution in [0, 0.1) is 0 Å². The molecule has 0 bridgehead atoms. The maximum absolute atomic E-state index is 4.48. The van der Waals surface area contributed by atoms with E-state index in [4.69, 9.17) is 0 Å². The second-order valence-corrected chi connectivity index (χ2v) is 19.6. The van der Waals surface area contributed by atoms with E-state index in [9.17, 15) is 0 Å². The largest absolute Gasteiger partial charge is 0.323 e. The highest BCUT2D eigenvalue weighted by molar-refractivity contribution is 7.80. The van der Waals surface area contributed by atoms with Crippen molar-refractivity contribution in [2.75, 3.05) is 12.8 Å². The van der Waals surface area contributed by atoms with E-state index in [2.05, 4.69) is 85.0 Å². The Morgan fingerprint density at radius 1 is 1.06 bits per heavy atom. The average molecular weight is 306 g/mol. The summed E-state index contributed by atoms with van der Waals surface area (Å²) in [5, 5.41) is 1.35. The lowest BCUT2D eigenvalue weighted by molar-refractivity contribution is 0.420. The van der Waals surface area contributed by atoms with E-state index >= 15 is 0 Å². The van der Waals surface area contributed by atoms with E-state index in [0.29, 0.717) is 11.1 Å². The van der Waals surface area contributed by atoms with Crippen LogP contribution in [0.1, 0.15) is 34.6 Å². The van der Waals surface area contributed by atoms with Crippen molar-refractivity contribution >= 4 is 28.9 Å². The maximum atomic E-state index is 4.48. The summed E-state index contributed by atoms with van der Waals surface area (Å²) in [6, 6.07) is 0.585. The number of hydrogen-bond acceptors (Lipinski definition) is 2. The fraction of sp³-hybridized carbons (Fsp3) is 1.00. The van der Waals surface area contributed by atoms with E-state index in [-0.39, 0.29) is 0 Å². The first-order chi connectivity index (χ1) is 7.80. The Labute approximate surface area is 123 Å². The summed E-state index contributed by atoms with van der Waals surface area (Å²) >= 11 is 4.48. The Balaban J connectivity index is 5.24. The van der Waals surface area contributed by atoms with Crippen LogP contribution in [0.2, 0.25) is 36.4 Å². The molecule has 0 aliphatic rings. The summed E-state index contributed by atoms with van der Waals surface area (Å²) in [6.45, 7) is 22.4. The second-order valence-electron chi connectivity index (χ2n) is 7.99. The topological polar surface area (TPSA) is 3.24 Å². The van der Waals surface area contributed by atoms with Crippen LogP contribution in [0.4, 0.5) is 0 Å². The predicted molar refractivity (Wildman–Crippen MR) is 95.2 cm³/mol. The highest BCUT2D eigenvalue weighted by Crippen LogP contribution is 2.47. The standard InChI is InChI=1S/C14H35NSSi2/c1-12(11-16)15(6)18(9,10)13(2)17(7,8)14(3,4)5/h12-13,16H,11H2,1-10H3. The Bertz CT molecular complexity index is 271. The molecule has 1 nitrogen and oxygen atoms in total. The van der Waals surface area contributed by atoms with Gasteiger partial charge in [0.2, 0.25) is 0 Å². The van der Waals surface area contributed by atoms with E-state index in [1.165, 1.54) is 0 Å². The first kappa shape index (κ1) is 18.7. The van der Waals surface area contributed by atoms with Gasteiger partial charge in [0.05, 0.1) is 8.07 Å². The molecule has 2 atom stereocenters. The third-order valence-electron chi connectivity index (χ3n) is 5.91. The Morgan fingerprint density at radius 3 is 1.72 bits per heavy atom. The van der Waals surface area contributed by atoms with Crippen molar-refractivity contribution < 1.29 is 0 Å². The van der Waals surface area contributed by atoms with Crippen LogP contribution < -0.4 is 0 Å². The summed E-state index contributed by atoms with van der Waals surface area (Å²) in [7, 11) is -0.347. The van der Waals surface area contributed by atoms with Crippen LogP contribution in [0.3, 0.4) is 0 Å². The molecular weight excluding hydrogens is 270 g/mol. The zero-order valence-corrected chi connectivity index (χ0v) is 17.2. The molecule has 18 heavy (non-hydrogen) atoms. The minimum absolute atomic E-state index is 0.474. The smallest absolute Gasteiger partial charge is 0.122 e. The normalized spacial score (nSPS) is 18.0. The van der Waals surface area contributed by atoms with Crippen molar-refractivity contribution in [3.63, 3.8) is 0 Å². The van der Waals surface area contributed by atoms with E-state index in [1.807, 2.05) is 0 Å². The molecule has 0 heterocycles. The minimum atomic E-state index is -1.39. The van der Waals surface area contributed by atoms with Crippen LogP contribution in [-0.4, -0.2) is 39.7 Å². The number of thiol groups is 1. The monoisotopic (exact) mass is 305 g/mol. The summed E-state index contributed by atoms with van der Waals surface area (Å²) < 4.78 is 2.66. The molecule has 110 valence electrons. The van der Waals surface area contributed by atoms with E-state index in [0.717, 1.165) is 10.9 Å². The minimum Gasteiger partial charge on any atom is -0.323 e. The molecule has 0 fully saturated rings. The van der Waals surface area contributed by atoms with Gasteiger partial charge in [-0.15, -0.1) is 0 Å². The average Bonchev–Trinajstić information content (AvgIpc) is 2.24. The summed E-state index contributed by atoms with van der Waals surface area (Å²) in [5.41, 5.74) is 0. The van der Waals surface area contributed by atoms with Gasteiger partial charge in [-0.3, -0.25) is 0 Å². The van der Waals surface area contributed by atoms with Crippen molar-refractivity contribution in [2.45, 2.75) is 77.1 Å². The first-order valence-electron chi connectivity index (χ1n) is 7.14. The summed E-state index contributed by atoms with van der Waals surface area (Å²) in [5.74, 6) is 0.956. The predicted octanol–water partition coefficient (Wildman–Crippen LogP) is 4.88. The molecule has 2 unspecified atom stereocenters. The van der Waals surface area contributed by atoms with Crippen LogP contribution in [0.25, 0.3) is 0 Å². The van der Waals surface area contributed by atoms with Crippen molar-refractivity contribution in [1.29, 1.82) is 0 Å². The van der Waals surface area contributed by atoms with Gasteiger partial charge in [-0.2, -0.15) is 12.6 Å². The number of hydrogen-bond donors (Lipinski definition) is 1. The van der Waals surface area contributed by atoms with Gasteiger partial charge >= 0.3 is 0 Å². The molecule has 0 aliphatic carbocycles. The Morgan fingerprint density at radius 2 is 1.44 bits per heavy atom. The third-order valence-corrected chi connectivity index (χ3v) is 21.1. The molecule has 0 rings (SSSR count). The maximum Gasteiger partial charge on any atom is 0.122 e. The lowest BCUT2D eigenvalue weighted by atomic mass is 10.2. The number of nitrogens with zero attached hydrogens (tertiary/aromatic N) is 1. The van der Waals surface area contributed by atoms with Gasteiger partial charge in [0.25, 0.3) is 0 Å². The van der Waals surface area contributed by atoms with Gasteiger partial charge in [-0.1, -0.05) is 53.9 Å². The molecule has 0 spiro atoms. The molecule has 0 saturated carbocycles. The first-order valence-corrected chi connectivity index (χ1v) is 13.9. The van der Waals surface area contributed by atoms with Gasteiger partial charge in [-0.25, -0.2) is 0 Å². The summed E-state index contributed by atoms with van der Waals surface area (Å²) in [4.78, 5) is 0. The fourth-order valence-corrected chi connectivity index (χ4v) is 15.0. The SMILES string of the molecule is CC(CS)N(C)[Si](C)(C)C(C)[Si](C)(C)C(C)(C)C. The molecule has 0 radical (unpaired) electrons. The van der Waals surface area contributed by atoms with Crippen LogP contribution in [0.5, 0.6) is 0 Å². The van der Waals surface area contributed by atoms with Crippen molar-refractivity contribution in [3.8, 4) is 0 Å². The molecule has 0 aromatic carbocycles. The van der Waals surface area contributed by atoms with Gasteiger partial charge in [0, 0.05) is 11.8 Å². The van der Waals surface area contributed by atoms with Gasteiger partial charge in [0.1, 0.15) is 8.24 Å². The molecular formula is C14H35NSSi2. The second kappa shape index (κ2) is 6.02. The lowest BCUT2D eigenvalue weighted by Crippen LogP contribution is -2.61. The van der Waals surface area contributed by atoms with Crippen LogP contribution in [0.15, 0.2) is 0 Å². The van der Waals surface area contributed by atoms with E-state index in [1.54, 1.807) is 0 Å².